The summed E-state index contributed by atoms with van der Waals surface area (Å²) in [5.74, 6) is -0.221. The highest BCUT2D eigenvalue weighted by atomic mass is 32.1. The summed E-state index contributed by atoms with van der Waals surface area (Å²) in [7, 11) is 0. The Kier molecular flexibility index (Phi) is 4.50. The molecule has 3 aromatic heterocycles. The fourth-order valence-electron chi connectivity index (χ4n) is 3.11. The Hall–Kier alpha value is -2.61. The Morgan fingerprint density at radius 3 is 2.88 bits per heavy atom. The van der Waals surface area contributed by atoms with E-state index in [2.05, 4.69) is 20.3 Å². The average molecular weight is 371 g/mol. The van der Waals surface area contributed by atoms with Crippen LogP contribution in [0, 0.1) is 5.95 Å². The zero-order valence-electron chi connectivity index (χ0n) is 14.3. The Labute approximate surface area is 154 Å². The number of hydrogen-bond donors (Lipinski definition) is 1. The standard InChI is InChI=1S/C18H18FN5OS/c1-11(12-4-6-20-14(19)10-12)21-18-22-13-5-9-26-16(13)15(23-18)17(25)24-7-2-3-8-24/h4-6,9-11H,2-3,7-8H2,1H3,(H,21,22,23)/t11-/m0/s1. The maximum Gasteiger partial charge on any atom is 0.274 e. The van der Waals surface area contributed by atoms with Gasteiger partial charge < -0.3 is 10.2 Å². The minimum Gasteiger partial charge on any atom is -0.348 e. The number of carbonyl (C=O) groups is 1. The lowest BCUT2D eigenvalue weighted by Gasteiger charge is -2.17. The number of aromatic nitrogens is 3. The van der Waals surface area contributed by atoms with Crippen LogP contribution in [-0.4, -0.2) is 38.8 Å². The summed E-state index contributed by atoms with van der Waals surface area (Å²) in [4.78, 5) is 27.3. The summed E-state index contributed by atoms with van der Waals surface area (Å²) in [6.07, 6.45) is 3.48. The predicted octanol–water partition coefficient (Wildman–Crippen LogP) is 3.63. The topological polar surface area (TPSA) is 71.0 Å². The average Bonchev–Trinajstić information content (AvgIpc) is 3.32. The Balaban J connectivity index is 1.66. The van der Waals surface area contributed by atoms with Gasteiger partial charge in [-0.15, -0.1) is 11.3 Å². The number of halogens is 1. The molecule has 8 heteroatoms. The fourth-order valence-corrected chi connectivity index (χ4v) is 3.92. The van der Waals surface area contributed by atoms with Crippen molar-refractivity contribution in [2.75, 3.05) is 18.4 Å². The van der Waals surface area contributed by atoms with Crippen molar-refractivity contribution in [2.45, 2.75) is 25.8 Å². The number of anilines is 1. The summed E-state index contributed by atoms with van der Waals surface area (Å²) < 4.78 is 14.2. The van der Waals surface area contributed by atoms with Crippen molar-refractivity contribution in [3.63, 3.8) is 0 Å². The first-order chi connectivity index (χ1) is 12.6. The van der Waals surface area contributed by atoms with Gasteiger partial charge >= 0.3 is 0 Å². The van der Waals surface area contributed by atoms with Gasteiger partial charge in [-0.25, -0.2) is 15.0 Å². The maximum absolute atomic E-state index is 13.4. The number of likely N-dealkylation sites (tertiary alicyclic amines) is 1. The largest absolute Gasteiger partial charge is 0.348 e. The third kappa shape index (κ3) is 3.24. The molecule has 0 spiro atoms. The van der Waals surface area contributed by atoms with Gasteiger partial charge in [0.2, 0.25) is 11.9 Å². The highest BCUT2D eigenvalue weighted by molar-refractivity contribution is 7.17. The molecule has 26 heavy (non-hydrogen) atoms. The van der Waals surface area contributed by atoms with Gasteiger partial charge in [-0.05, 0) is 48.9 Å². The van der Waals surface area contributed by atoms with E-state index in [0.717, 1.165) is 41.7 Å². The lowest BCUT2D eigenvalue weighted by Crippen LogP contribution is -2.28. The number of nitrogens with zero attached hydrogens (tertiary/aromatic N) is 4. The van der Waals surface area contributed by atoms with Crippen LogP contribution in [0.1, 0.15) is 41.9 Å². The lowest BCUT2D eigenvalue weighted by atomic mass is 10.1. The number of pyridine rings is 1. The van der Waals surface area contributed by atoms with Crippen LogP contribution in [0.15, 0.2) is 29.8 Å². The summed E-state index contributed by atoms with van der Waals surface area (Å²) in [5.41, 5.74) is 1.91. The third-order valence-corrected chi connectivity index (χ3v) is 5.41. The van der Waals surface area contributed by atoms with Crippen LogP contribution < -0.4 is 5.32 Å². The highest BCUT2D eigenvalue weighted by Crippen LogP contribution is 2.27. The van der Waals surface area contributed by atoms with E-state index >= 15 is 0 Å². The van der Waals surface area contributed by atoms with E-state index in [9.17, 15) is 9.18 Å². The molecule has 0 aliphatic carbocycles. The van der Waals surface area contributed by atoms with Crippen molar-refractivity contribution in [3.8, 4) is 0 Å². The summed E-state index contributed by atoms with van der Waals surface area (Å²) >= 11 is 1.47. The van der Waals surface area contributed by atoms with Gasteiger partial charge in [0.1, 0.15) is 0 Å². The number of amides is 1. The second-order valence-corrected chi connectivity index (χ2v) is 7.22. The van der Waals surface area contributed by atoms with E-state index in [-0.39, 0.29) is 11.9 Å². The van der Waals surface area contributed by atoms with Crippen LogP contribution in [0.3, 0.4) is 0 Å². The lowest BCUT2D eigenvalue weighted by molar-refractivity contribution is 0.0789. The first kappa shape index (κ1) is 16.8. The molecule has 0 aromatic carbocycles. The van der Waals surface area contributed by atoms with Gasteiger partial charge in [-0.3, -0.25) is 4.79 Å². The zero-order valence-corrected chi connectivity index (χ0v) is 15.1. The maximum atomic E-state index is 13.4. The molecule has 1 saturated heterocycles. The van der Waals surface area contributed by atoms with E-state index in [4.69, 9.17) is 0 Å². The number of rotatable bonds is 4. The van der Waals surface area contributed by atoms with Crippen molar-refractivity contribution in [3.05, 3.63) is 47.0 Å². The molecule has 1 aliphatic rings. The molecular formula is C18H18FN5OS. The SMILES string of the molecule is C[C@H](Nc1nc(C(=O)N2CCCC2)c2sccc2n1)c1ccnc(F)c1. The van der Waals surface area contributed by atoms with Gasteiger partial charge in [0, 0.05) is 19.3 Å². The molecule has 0 saturated carbocycles. The van der Waals surface area contributed by atoms with Gasteiger partial charge in [-0.1, -0.05) is 0 Å². The number of hydrogen-bond acceptors (Lipinski definition) is 6. The fraction of sp³-hybridized carbons (Fsp3) is 0.333. The molecular weight excluding hydrogens is 353 g/mol. The van der Waals surface area contributed by atoms with Crippen LogP contribution in [0.4, 0.5) is 10.3 Å². The van der Waals surface area contributed by atoms with Crippen LogP contribution >= 0.6 is 11.3 Å². The van der Waals surface area contributed by atoms with Crippen LogP contribution in [0.2, 0.25) is 0 Å². The van der Waals surface area contributed by atoms with Crippen molar-refractivity contribution in [1.29, 1.82) is 0 Å². The minimum absolute atomic E-state index is 0.0528. The normalized spacial score (nSPS) is 15.4. The molecule has 134 valence electrons. The van der Waals surface area contributed by atoms with E-state index < -0.39 is 5.95 Å². The Morgan fingerprint density at radius 1 is 1.31 bits per heavy atom. The predicted molar refractivity (Wildman–Crippen MR) is 98.8 cm³/mol. The first-order valence-electron chi connectivity index (χ1n) is 8.54. The molecule has 6 nitrogen and oxygen atoms in total. The first-order valence-corrected chi connectivity index (χ1v) is 9.42. The molecule has 1 N–H and O–H groups in total. The van der Waals surface area contributed by atoms with Gasteiger partial charge in [0.05, 0.1) is 16.3 Å². The van der Waals surface area contributed by atoms with Crippen LogP contribution in [0.5, 0.6) is 0 Å². The molecule has 1 aliphatic heterocycles. The quantitative estimate of drug-likeness (QED) is 0.709. The minimum atomic E-state index is -0.532. The summed E-state index contributed by atoms with van der Waals surface area (Å²) in [6.45, 7) is 3.42. The van der Waals surface area contributed by atoms with Crippen molar-refractivity contribution in [1.82, 2.24) is 19.9 Å². The molecule has 1 fully saturated rings. The van der Waals surface area contributed by atoms with Crippen molar-refractivity contribution in [2.24, 2.45) is 0 Å². The number of nitrogens with one attached hydrogen (secondary N) is 1. The molecule has 1 atom stereocenters. The molecule has 0 unspecified atom stereocenters. The van der Waals surface area contributed by atoms with Crippen LogP contribution in [-0.2, 0) is 0 Å². The second kappa shape index (κ2) is 6.95. The second-order valence-electron chi connectivity index (χ2n) is 6.31. The summed E-state index contributed by atoms with van der Waals surface area (Å²) in [5, 5.41) is 5.08. The highest BCUT2D eigenvalue weighted by Gasteiger charge is 2.24. The van der Waals surface area contributed by atoms with E-state index in [1.807, 2.05) is 23.3 Å². The van der Waals surface area contributed by atoms with Crippen LogP contribution in [0.25, 0.3) is 10.2 Å². The molecule has 3 aromatic rings. The Bertz CT molecular complexity index is 954. The molecule has 1 amide bonds. The van der Waals surface area contributed by atoms with Gasteiger partial charge in [0.15, 0.2) is 5.69 Å². The van der Waals surface area contributed by atoms with E-state index in [1.54, 1.807) is 6.07 Å². The Morgan fingerprint density at radius 2 is 2.12 bits per heavy atom. The smallest absolute Gasteiger partial charge is 0.274 e. The summed E-state index contributed by atoms with van der Waals surface area (Å²) in [6, 6.07) is 4.76. The van der Waals surface area contributed by atoms with Gasteiger partial charge in [-0.2, -0.15) is 4.39 Å². The number of fused-ring (bicyclic) bond motifs is 1. The van der Waals surface area contributed by atoms with Crippen molar-refractivity contribution >= 4 is 33.4 Å². The van der Waals surface area contributed by atoms with E-state index in [0.29, 0.717) is 11.6 Å². The molecule has 4 heterocycles. The number of thiophene rings is 1. The van der Waals surface area contributed by atoms with Gasteiger partial charge in [0.25, 0.3) is 5.91 Å². The molecule has 0 bridgehead atoms. The monoisotopic (exact) mass is 371 g/mol. The zero-order chi connectivity index (χ0) is 18.1. The molecule has 0 radical (unpaired) electrons. The third-order valence-electron chi connectivity index (χ3n) is 4.50. The molecule has 4 rings (SSSR count). The van der Waals surface area contributed by atoms with E-state index in [1.165, 1.54) is 23.6 Å². The number of carbonyl (C=O) groups excluding carboxylic acids is 1. The van der Waals surface area contributed by atoms with Crippen molar-refractivity contribution < 1.29 is 9.18 Å².